The van der Waals surface area contributed by atoms with Gasteiger partial charge in [0.1, 0.15) is 0 Å². The highest BCUT2D eigenvalue weighted by atomic mass is 32.2. The standard InChI is InChI=1S/C15H19N3O2S/c1-2-12-3-5-13(6-4-12)10-18(14-7-8-14)21(19,20)15-9-16-11-17-15/h3-6,9,11,14H,2,7-8,10H2,1H3,(H,16,17). The Hall–Kier alpha value is -1.66. The second-order valence-electron chi connectivity index (χ2n) is 5.37. The van der Waals surface area contributed by atoms with Gasteiger partial charge in [-0.05, 0) is 30.4 Å². The maximum atomic E-state index is 12.7. The van der Waals surface area contributed by atoms with Crippen molar-refractivity contribution in [1.29, 1.82) is 0 Å². The third-order valence-electron chi connectivity index (χ3n) is 3.78. The monoisotopic (exact) mass is 305 g/mol. The van der Waals surface area contributed by atoms with Crippen LogP contribution < -0.4 is 0 Å². The minimum atomic E-state index is -3.49. The van der Waals surface area contributed by atoms with Crippen LogP contribution in [0.2, 0.25) is 0 Å². The summed E-state index contributed by atoms with van der Waals surface area (Å²) >= 11 is 0. The summed E-state index contributed by atoms with van der Waals surface area (Å²) in [5, 5.41) is 0.166. The van der Waals surface area contributed by atoms with Crippen LogP contribution in [0.5, 0.6) is 0 Å². The van der Waals surface area contributed by atoms with Gasteiger partial charge in [-0.2, -0.15) is 4.31 Å². The van der Waals surface area contributed by atoms with Gasteiger partial charge in [0.15, 0.2) is 5.03 Å². The number of hydrogen-bond donors (Lipinski definition) is 1. The molecule has 1 aliphatic carbocycles. The first-order valence-corrected chi connectivity index (χ1v) is 8.63. The molecule has 1 aromatic carbocycles. The van der Waals surface area contributed by atoms with Crippen molar-refractivity contribution in [2.75, 3.05) is 0 Å². The largest absolute Gasteiger partial charge is 0.335 e. The number of imidazole rings is 1. The van der Waals surface area contributed by atoms with Crippen molar-refractivity contribution in [3.63, 3.8) is 0 Å². The van der Waals surface area contributed by atoms with Gasteiger partial charge in [-0.15, -0.1) is 0 Å². The van der Waals surface area contributed by atoms with Crippen molar-refractivity contribution in [2.45, 2.75) is 43.8 Å². The molecule has 6 heteroatoms. The van der Waals surface area contributed by atoms with E-state index in [-0.39, 0.29) is 11.1 Å². The number of aromatic amines is 1. The number of nitrogens with one attached hydrogen (secondary N) is 1. The van der Waals surface area contributed by atoms with Gasteiger partial charge in [0.25, 0.3) is 10.0 Å². The summed E-state index contributed by atoms with van der Waals surface area (Å²) in [6, 6.07) is 8.25. The molecule has 0 radical (unpaired) electrons. The number of aromatic nitrogens is 2. The average molecular weight is 305 g/mol. The number of hydrogen-bond acceptors (Lipinski definition) is 3. The van der Waals surface area contributed by atoms with Crippen LogP contribution in [0.15, 0.2) is 41.8 Å². The molecule has 0 spiro atoms. The Balaban J connectivity index is 1.85. The van der Waals surface area contributed by atoms with Gasteiger partial charge < -0.3 is 4.98 Å². The molecule has 3 rings (SSSR count). The molecule has 0 saturated heterocycles. The van der Waals surface area contributed by atoms with Crippen LogP contribution in [0.3, 0.4) is 0 Å². The van der Waals surface area contributed by atoms with E-state index < -0.39 is 10.0 Å². The molecule has 1 aromatic heterocycles. The second kappa shape index (κ2) is 5.61. The number of rotatable bonds is 6. The minimum absolute atomic E-state index is 0.115. The first-order chi connectivity index (χ1) is 10.1. The Labute approximate surface area is 125 Å². The van der Waals surface area contributed by atoms with Crippen molar-refractivity contribution in [3.05, 3.63) is 47.9 Å². The fourth-order valence-corrected chi connectivity index (χ4v) is 3.91. The first kappa shape index (κ1) is 14.3. The summed E-state index contributed by atoms with van der Waals surface area (Å²) in [6.07, 6.45) is 5.61. The number of sulfonamides is 1. The van der Waals surface area contributed by atoms with E-state index in [1.165, 1.54) is 18.1 Å². The molecule has 1 fully saturated rings. The summed E-state index contributed by atoms with van der Waals surface area (Å²) in [4.78, 5) is 6.52. The third-order valence-corrected chi connectivity index (χ3v) is 5.61. The smallest absolute Gasteiger partial charge is 0.260 e. The normalized spacial score (nSPS) is 15.5. The zero-order valence-electron chi connectivity index (χ0n) is 12.0. The van der Waals surface area contributed by atoms with E-state index in [1.54, 1.807) is 4.31 Å². The lowest BCUT2D eigenvalue weighted by Crippen LogP contribution is -2.32. The van der Waals surface area contributed by atoms with Crippen molar-refractivity contribution < 1.29 is 8.42 Å². The van der Waals surface area contributed by atoms with E-state index >= 15 is 0 Å². The van der Waals surface area contributed by atoms with Gasteiger partial charge in [-0.25, -0.2) is 13.4 Å². The Kier molecular flexibility index (Phi) is 3.82. The highest BCUT2D eigenvalue weighted by molar-refractivity contribution is 7.89. The summed E-state index contributed by atoms with van der Waals surface area (Å²) < 4.78 is 26.9. The quantitative estimate of drug-likeness (QED) is 0.890. The molecule has 0 unspecified atom stereocenters. The van der Waals surface area contributed by atoms with Crippen molar-refractivity contribution >= 4 is 10.0 Å². The van der Waals surface area contributed by atoms with E-state index in [2.05, 4.69) is 29.0 Å². The Morgan fingerprint density at radius 3 is 2.43 bits per heavy atom. The fraction of sp³-hybridized carbons (Fsp3) is 0.400. The van der Waals surface area contributed by atoms with Gasteiger partial charge in [0.05, 0.1) is 12.5 Å². The minimum Gasteiger partial charge on any atom is -0.335 e. The molecule has 0 atom stereocenters. The molecule has 21 heavy (non-hydrogen) atoms. The highest BCUT2D eigenvalue weighted by Gasteiger charge is 2.38. The zero-order valence-corrected chi connectivity index (χ0v) is 12.8. The van der Waals surface area contributed by atoms with Crippen LogP contribution in [0, 0.1) is 0 Å². The lowest BCUT2D eigenvalue weighted by molar-refractivity contribution is 0.397. The Morgan fingerprint density at radius 1 is 1.24 bits per heavy atom. The molecule has 0 aliphatic heterocycles. The predicted molar refractivity (Wildman–Crippen MR) is 80.2 cm³/mol. The molecular weight excluding hydrogens is 286 g/mol. The van der Waals surface area contributed by atoms with E-state index in [9.17, 15) is 8.42 Å². The van der Waals surface area contributed by atoms with E-state index in [4.69, 9.17) is 0 Å². The van der Waals surface area contributed by atoms with Gasteiger partial charge in [-0.1, -0.05) is 31.2 Å². The molecule has 0 bridgehead atoms. The van der Waals surface area contributed by atoms with Crippen molar-refractivity contribution in [1.82, 2.24) is 14.3 Å². The number of aryl methyl sites for hydroxylation is 1. The lowest BCUT2D eigenvalue weighted by Gasteiger charge is -2.21. The summed E-state index contributed by atoms with van der Waals surface area (Å²) in [7, 11) is -3.49. The lowest BCUT2D eigenvalue weighted by atomic mass is 10.1. The zero-order chi connectivity index (χ0) is 14.9. The molecule has 2 aromatic rings. The molecule has 0 amide bonds. The molecule has 112 valence electrons. The van der Waals surface area contributed by atoms with Crippen molar-refractivity contribution in [3.8, 4) is 0 Å². The summed E-state index contributed by atoms with van der Waals surface area (Å²) in [6.45, 7) is 2.52. The summed E-state index contributed by atoms with van der Waals surface area (Å²) in [5.41, 5.74) is 2.27. The number of nitrogens with zero attached hydrogens (tertiary/aromatic N) is 2. The van der Waals surface area contributed by atoms with Crippen LogP contribution in [-0.4, -0.2) is 28.7 Å². The second-order valence-corrected chi connectivity index (χ2v) is 7.23. The Bertz CT molecular complexity index is 689. The fourth-order valence-electron chi connectivity index (χ4n) is 2.34. The van der Waals surface area contributed by atoms with Gasteiger partial charge in [-0.3, -0.25) is 0 Å². The summed E-state index contributed by atoms with van der Waals surface area (Å²) in [5.74, 6) is 0. The van der Waals surface area contributed by atoms with Gasteiger partial charge >= 0.3 is 0 Å². The van der Waals surface area contributed by atoms with Crippen LogP contribution in [0.25, 0.3) is 0 Å². The van der Waals surface area contributed by atoms with Crippen LogP contribution in [0.4, 0.5) is 0 Å². The molecule has 5 nitrogen and oxygen atoms in total. The highest BCUT2D eigenvalue weighted by Crippen LogP contribution is 2.32. The number of benzene rings is 1. The topological polar surface area (TPSA) is 66.1 Å². The van der Waals surface area contributed by atoms with E-state index in [1.807, 2.05) is 12.1 Å². The maximum absolute atomic E-state index is 12.7. The third kappa shape index (κ3) is 3.01. The van der Waals surface area contributed by atoms with E-state index in [0.29, 0.717) is 6.54 Å². The molecule has 1 N–H and O–H groups in total. The van der Waals surface area contributed by atoms with Crippen molar-refractivity contribution in [2.24, 2.45) is 0 Å². The van der Waals surface area contributed by atoms with Gasteiger partial charge in [0.2, 0.25) is 0 Å². The SMILES string of the molecule is CCc1ccc(CN(C2CC2)S(=O)(=O)c2cnc[nH]2)cc1. The van der Waals surface area contributed by atoms with Crippen LogP contribution in [0.1, 0.15) is 30.9 Å². The molecular formula is C15H19N3O2S. The molecule has 1 aliphatic rings. The van der Waals surface area contributed by atoms with Gasteiger partial charge in [0, 0.05) is 12.6 Å². The Morgan fingerprint density at radius 2 is 1.90 bits per heavy atom. The van der Waals surface area contributed by atoms with E-state index in [0.717, 1.165) is 24.8 Å². The number of H-pyrrole nitrogens is 1. The van der Waals surface area contributed by atoms with Crippen LogP contribution in [-0.2, 0) is 23.0 Å². The maximum Gasteiger partial charge on any atom is 0.260 e. The predicted octanol–water partition coefficient (Wildman–Crippen LogP) is 2.33. The molecule has 1 heterocycles. The first-order valence-electron chi connectivity index (χ1n) is 7.19. The van der Waals surface area contributed by atoms with Crippen LogP contribution >= 0.6 is 0 Å². The molecule has 1 saturated carbocycles. The average Bonchev–Trinajstić information content (AvgIpc) is 3.16.